The van der Waals surface area contributed by atoms with Gasteiger partial charge in [-0.25, -0.2) is 4.79 Å². The van der Waals surface area contributed by atoms with Crippen molar-refractivity contribution in [3.8, 4) is 11.5 Å². The molecule has 1 N–H and O–H groups in total. The van der Waals surface area contributed by atoms with Gasteiger partial charge >= 0.3 is 5.97 Å². The first kappa shape index (κ1) is 23.3. The van der Waals surface area contributed by atoms with E-state index in [1.807, 2.05) is 0 Å². The molecule has 0 aliphatic carbocycles. The van der Waals surface area contributed by atoms with Crippen molar-refractivity contribution in [3.63, 3.8) is 0 Å². The number of ketones is 1. The van der Waals surface area contributed by atoms with E-state index in [9.17, 15) is 19.5 Å². The summed E-state index contributed by atoms with van der Waals surface area (Å²) in [5.74, 6) is -1.32. The molecule has 0 aromatic heterocycles. The molecule has 2 aromatic rings. The quantitative estimate of drug-likeness (QED) is 0.218. The van der Waals surface area contributed by atoms with Crippen LogP contribution in [-0.2, 0) is 19.1 Å². The molecule has 1 amide bonds. The zero-order chi connectivity index (χ0) is 24.2. The van der Waals surface area contributed by atoms with Gasteiger partial charge in [-0.1, -0.05) is 12.1 Å². The Morgan fingerprint density at radius 2 is 1.71 bits per heavy atom. The van der Waals surface area contributed by atoms with Crippen LogP contribution in [0.2, 0.25) is 0 Å². The third-order valence-corrected chi connectivity index (χ3v) is 5.75. The number of aliphatic hydroxyl groups excluding tert-OH is 1. The maximum atomic E-state index is 13.1. The van der Waals surface area contributed by atoms with Gasteiger partial charge < -0.3 is 29.0 Å². The van der Waals surface area contributed by atoms with Gasteiger partial charge in [0, 0.05) is 25.8 Å². The third-order valence-electron chi connectivity index (χ3n) is 5.75. The largest absolute Gasteiger partial charge is 0.507 e. The van der Waals surface area contributed by atoms with E-state index in [0.717, 1.165) is 0 Å². The minimum absolute atomic E-state index is 0.0371. The smallest absolute Gasteiger partial charge is 0.337 e. The molecule has 2 aliphatic rings. The number of benzene rings is 2. The average Bonchev–Trinajstić information content (AvgIpc) is 3.12. The molecule has 1 saturated heterocycles. The number of carbonyl (C=O) groups excluding carboxylic acids is 3. The molecular formula is C25H25NO8. The number of aliphatic hydroxyl groups is 1. The summed E-state index contributed by atoms with van der Waals surface area (Å²) in [6.07, 6.45) is 0.504. The van der Waals surface area contributed by atoms with Gasteiger partial charge in [-0.2, -0.15) is 0 Å². The minimum atomic E-state index is -0.836. The molecule has 0 radical (unpaired) electrons. The lowest BCUT2D eigenvalue weighted by Gasteiger charge is -2.25. The second kappa shape index (κ2) is 9.96. The van der Waals surface area contributed by atoms with Crippen LogP contribution in [0, 0.1) is 0 Å². The summed E-state index contributed by atoms with van der Waals surface area (Å²) >= 11 is 0. The molecule has 9 nitrogen and oxygen atoms in total. The van der Waals surface area contributed by atoms with Crippen LogP contribution in [0.3, 0.4) is 0 Å². The van der Waals surface area contributed by atoms with Crippen molar-refractivity contribution in [3.05, 3.63) is 64.7 Å². The number of methoxy groups -OCH3 is 2. The lowest BCUT2D eigenvalue weighted by molar-refractivity contribution is -0.140. The molecule has 4 rings (SSSR count). The van der Waals surface area contributed by atoms with E-state index in [0.29, 0.717) is 54.4 Å². The molecule has 34 heavy (non-hydrogen) atoms. The van der Waals surface area contributed by atoms with Gasteiger partial charge in [0.1, 0.15) is 19.0 Å². The van der Waals surface area contributed by atoms with E-state index in [2.05, 4.69) is 0 Å². The fraction of sp³-hybridized carbons (Fsp3) is 0.320. The number of rotatable bonds is 7. The van der Waals surface area contributed by atoms with E-state index >= 15 is 0 Å². The van der Waals surface area contributed by atoms with Gasteiger partial charge in [-0.05, 0) is 42.3 Å². The molecule has 2 heterocycles. The van der Waals surface area contributed by atoms with Crippen LogP contribution < -0.4 is 9.47 Å². The Morgan fingerprint density at radius 3 is 2.38 bits per heavy atom. The first-order valence-corrected chi connectivity index (χ1v) is 10.8. The molecule has 0 bridgehead atoms. The van der Waals surface area contributed by atoms with Crippen LogP contribution in [0.1, 0.15) is 33.9 Å². The van der Waals surface area contributed by atoms with Gasteiger partial charge in [0.05, 0.1) is 24.3 Å². The van der Waals surface area contributed by atoms with E-state index < -0.39 is 23.7 Å². The van der Waals surface area contributed by atoms with Gasteiger partial charge in [0.2, 0.25) is 0 Å². The molecule has 0 saturated carbocycles. The van der Waals surface area contributed by atoms with Crippen LogP contribution in [-0.4, -0.2) is 68.3 Å². The Bertz CT molecular complexity index is 1140. The number of hydrogen-bond acceptors (Lipinski definition) is 8. The predicted molar refractivity (Wildman–Crippen MR) is 121 cm³/mol. The Morgan fingerprint density at radius 1 is 1.03 bits per heavy atom. The third kappa shape index (κ3) is 4.34. The van der Waals surface area contributed by atoms with Crippen molar-refractivity contribution in [1.82, 2.24) is 4.90 Å². The summed E-state index contributed by atoms with van der Waals surface area (Å²) in [5.41, 5.74) is 1.19. The topological polar surface area (TPSA) is 112 Å². The summed E-state index contributed by atoms with van der Waals surface area (Å²) in [4.78, 5) is 39.3. The summed E-state index contributed by atoms with van der Waals surface area (Å²) in [7, 11) is 2.84. The highest BCUT2D eigenvalue weighted by atomic mass is 16.6. The van der Waals surface area contributed by atoms with E-state index in [1.165, 1.54) is 12.0 Å². The number of ether oxygens (including phenoxy) is 4. The first-order chi connectivity index (χ1) is 16.5. The van der Waals surface area contributed by atoms with Crippen LogP contribution >= 0.6 is 0 Å². The maximum absolute atomic E-state index is 13.1. The summed E-state index contributed by atoms with van der Waals surface area (Å²) in [6.45, 7) is 1.44. The second-order valence-corrected chi connectivity index (χ2v) is 7.81. The van der Waals surface area contributed by atoms with E-state index in [1.54, 1.807) is 49.6 Å². The van der Waals surface area contributed by atoms with Crippen molar-refractivity contribution < 1.29 is 38.4 Å². The fourth-order valence-electron chi connectivity index (χ4n) is 4.10. The number of nitrogens with zero attached hydrogens (tertiary/aromatic N) is 1. The highest BCUT2D eigenvalue weighted by Gasteiger charge is 2.45. The van der Waals surface area contributed by atoms with Crippen molar-refractivity contribution in [2.45, 2.75) is 12.5 Å². The van der Waals surface area contributed by atoms with Gasteiger partial charge in [-0.15, -0.1) is 0 Å². The van der Waals surface area contributed by atoms with Crippen molar-refractivity contribution >= 4 is 23.4 Å². The standard InChI is InChI=1S/C25H25NO8/c1-31-11-3-10-26-21(15-4-6-16(7-5-15)25(30)32-2)20(23(28)24(26)29)22(27)17-8-9-18-19(14-17)34-13-12-33-18/h4-9,14,21,27H,3,10-13H2,1-2H3/b22-20-/t21-/m1/s1. The summed E-state index contributed by atoms with van der Waals surface area (Å²) < 4.78 is 20.9. The molecule has 1 atom stereocenters. The predicted octanol–water partition coefficient (Wildman–Crippen LogP) is 2.70. The monoisotopic (exact) mass is 467 g/mol. The van der Waals surface area contributed by atoms with Crippen LogP contribution in [0.4, 0.5) is 0 Å². The summed E-state index contributed by atoms with van der Waals surface area (Å²) in [6, 6.07) is 10.4. The molecule has 2 aliphatic heterocycles. The number of esters is 1. The van der Waals surface area contributed by atoms with Crippen molar-refractivity contribution in [2.24, 2.45) is 0 Å². The second-order valence-electron chi connectivity index (χ2n) is 7.81. The lowest BCUT2D eigenvalue weighted by Crippen LogP contribution is -2.31. The Balaban J connectivity index is 1.79. The Hall–Kier alpha value is -3.85. The van der Waals surface area contributed by atoms with E-state index in [4.69, 9.17) is 18.9 Å². The molecule has 0 spiro atoms. The normalized spacial score (nSPS) is 18.8. The number of Topliss-reactive ketones (excluding diaryl/α,β-unsaturated/α-hetero) is 1. The number of hydrogen-bond donors (Lipinski definition) is 1. The minimum Gasteiger partial charge on any atom is -0.507 e. The molecule has 178 valence electrons. The van der Waals surface area contributed by atoms with Crippen molar-refractivity contribution in [1.29, 1.82) is 0 Å². The fourth-order valence-corrected chi connectivity index (χ4v) is 4.10. The Kier molecular flexibility index (Phi) is 6.83. The van der Waals surface area contributed by atoms with Crippen LogP contribution in [0.15, 0.2) is 48.0 Å². The molecule has 9 heteroatoms. The van der Waals surface area contributed by atoms with E-state index in [-0.39, 0.29) is 17.9 Å². The Labute approximate surface area is 196 Å². The van der Waals surface area contributed by atoms with Gasteiger partial charge in [0.15, 0.2) is 11.5 Å². The average molecular weight is 467 g/mol. The summed E-state index contributed by atoms with van der Waals surface area (Å²) in [5, 5.41) is 11.2. The number of likely N-dealkylation sites (tertiary alicyclic amines) is 1. The first-order valence-electron chi connectivity index (χ1n) is 10.8. The van der Waals surface area contributed by atoms with Gasteiger partial charge in [-0.3, -0.25) is 9.59 Å². The maximum Gasteiger partial charge on any atom is 0.337 e. The number of amides is 1. The zero-order valence-electron chi connectivity index (χ0n) is 18.9. The van der Waals surface area contributed by atoms with Gasteiger partial charge in [0.25, 0.3) is 11.7 Å². The molecule has 1 fully saturated rings. The van der Waals surface area contributed by atoms with Crippen molar-refractivity contribution in [2.75, 3.05) is 40.6 Å². The molecular weight excluding hydrogens is 442 g/mol. The number of carbonyl (C=O) groups is 3. The number of fused-ring (bicyclic) bond motifs is 1. The highest BCUT2D eigenvalue weighted by Crippen LogP contribution is 2.41. The zero-order valence-corrected chi connectivity index (χ0v) is 18.9. The van der Waals surface area contributed by atoms with Crippen LogP contribution in [0.5, 0.6) is 11.5 Å². The highest BCUT2D eigenvalue weighted by molar-refractivity contribution is 6.46. The molecule has 2 aromatic carbocycles. The molecule has 0 unspecified atom stereocenters. The van der Waals surface area contributed by atoms with Crippen LogP contribution in [0.25, 0.3) is 5.76 Å². The SMILES string of the molecule is COCCCN1C(=O)C(=O)/C(=C(\O)c2ccc3c(c2)OCCO3)[C@H]1c1ccc(C(=O)OC)cc1. The lowest BCUT2D eigenvalue weighted by atomic mass is 9.94.